The fourth-order valence-corrected chi connectivity index (χ4v) is 1.32. The molecule has 1 aromatic heterocycles. The lowest BCUT2D eigenvalue weighted by Crippen LogP contribution is -2.28. The molecule has 1 rings (SSSR count). The van der Waals surface area contributed by atoms with Crippen LogP contribution in [0.3, 0.4) is 0 Å². The lowest BCUT2D eigenvalue weighted by atomic mass is 10.1. The van der Waals surface area contributed by atoms with E-state index in [1.54, 1.807) is 18.3 Å². The van der Waals surface area contributed by atoms with Gasteiger partial charge in [-0.1, -0.05) is 32.1 Å². The van der Waals surface area contributed by atoms with E-state index in [1.165, 1.54) is 0 Å². The van der Waals surface area contributed by atoms with E-state index >= 15 is 0 Å². The smallest absolute Gasteiger partial charge is 0.269 e. The molecule has 2 N–H and O–H groups in total. The van der Waals surface area contributed by atoms with Crippen molar-refractivity contribution in [2.45, 2.75) is 26.7 Å². The van der Waals surface area contributed by atoms with E-state index in [2.05, 4.69) is 36.0 Å². The highest BCUT2D eigenvalue weighted by atomic mass is 16.2. The molecule has 102 valence electrons. The lowest BCUT2D eigenvalue weighted by molar-refractivity contribution is 0.0943. The van der Waals surface area contributed by atoms with Crippen LogP contribution in [0.4, 0.5) is 0 Å². The van der Waals surface area contributed by atoms with E-state index in [9.17, 15) is 4.79 Å². The molecule has 1 unspecified atom stereocenters. The minimum atomic E-state index is -0.157. The van der Waals surface area contributed by atoms with Crippen LogP contribution in [0.2, 0.25) is 0 Å². The zero-order valence-corrected chi connectivity index (χ0v) is 11.4. The number of nitrogens with one attached hydrogen (secondary N) is 1. The van der Waals surface area contributed by atoms with Gasteiger partial charge >= 0.3 is 0 Å². The number of pyridine rings is 1. The third-order valence-electron chi connectivity index (χ3n) is 2.77. The predicted octanol–water partition coefficient (Wildman–Crippen LogP) is 1.59. The number of hydrogen-bond donors (Lipinski definition) is 2. The van der Waals surface area contributed by atoms with Crippen molar-refractivity contribution in [1.82, 2.24) is 10.3 Å². The summed E-state index contributed by atoms with van der Waals surface area (Å²) in [6, 6.07) is 3.42. The van der Waals surface area contributed by atoms with Crippen molar-refractivity contribution in [2.24, 2.45) is 5.92 Å². The van der Waals surface area contributed by atoms with Crippen LogP contribution < -0.4 is 5.32 Å². The minimum Gasteiger partial charge on any atom is -0.395 e. The molecule has 0 aliphatic carbocycles. The van der Waals surface area contributed by atoms with Gasteiger partial charge in [-0.3, -0.25) is 4.79 Å². The summed E-state index contributed by atoms with van der Waals surface area (Å²) in [5.74, 6) is 5.98. The first-order valence-corrected chi connectivity index (χ1v) is 6.51. The van der Waals surface area contributed by atoms with Crippen LogP contribution in [-0.2, 0) is 0 Å². The average Bonchev–Trinajstić information content (AvgIpc) is 2.45. The van der Waals surface area contributed by atoms with Gasteiger partial charge < -0.3 is 10.4 Å². The molecule has 0 aromatic carbocycles. The molecule has 1 heterocycles. The van der Waals surface area contributed by atoms with E-state index < -0.39 is 0 Å². The Hall–Kier alpha value is -1.86. The topological polar surface area (TPSA) is 62.2 Å². The minimum absolute atomic E-state index is 0.0521. The molecule has 0 fully saturated rings. The number of hydrogen-bond acceptors (Lipinski definition) is 3. The van der Waals surface area contributed by atoms with Crippen LogP contribution in [0.1, 0.15) is 42.7 Å². The molecule has 0 aliphatic heterocycles. The van der Waals surface area contributed by atoms with Gasteiger partial charge in [-0.25, -0.2) is 4.98 Å². The third-order valence-corrected chi connectivity index (χ3v) is 2.77. The molecule has 0 saturated heterocycles. The van der Waals surface area contributed by atoms with Gasteiger partial charge in [0.1, 0.15) is 5.69 Å². The molecule has 4 nitrogen and oxygen atoms in total. The summed E-state index contributed by atoms with van der Waals surface area (Å²) in [6.45, 7) is 4.90. The fourth-order valence-electron chi connectivity index (χ4n) is 1.32. The van der Waals surface area contributed by atoms with Crippen molar-refractivity contribution >= 4 is 5.91 Å². The predicted molar refractivity (Wildman–Crippen MR) is 74.6 cm³/mol. The molecule has 0 radical (unpaired) electrons. The van der Waals surface area contributed by atoms with Crippen molar-refractivity contribution in [2.75, 3.05) is 13.2 Å². The van der Waals surface area contributed by atoms with Crippen LogP contribution in [0.15, 0.2) is 18.3 Å². The van der Waals surface area contributed by atoms with Gasteiger partial charge in [0, 0.05) is 24.7 Å². The summed E-state index contributed by atoms with van der Waals surface area (Å²) in [6.07, 6.45) is 3.05. The van der Waals surface area contributed by atoms with Crippen molar-refractivity contribution in [3.05, 3.63) is 29.6 Å². The highest BCUT2D eigenvalue weighted by Gasteiger charge is 2.07. The normalized spacial score (nSPS) is 11.3. The molecule has 0 saturated carbocycles. The maximum Gasteiger partial charge on any atom is 0.269 e. The Morgan fingerprint density at radius 2 is 2.32 bits per heavy atom. The first-order valence-electron chi connectivity index (χ1n) is 6.51. The Labute approximate surface area is 114 Å². The summed E-state index contributed by atoms with van der Waals surface area (Å²) in [7, 11) is 0. The number of nitrogens with zero attached hydrogens (tertiary/aromatic N) is 1. The Morgan fingerprint density at radius 3 is 2.89 bits per heavy atom. The highest BCUT2D eigenvalue weighted by molar-refractivity contribution is 5.92. The van der Waals surface area contributed by atoms with Crippen LogP contribution in [-0.4, -0.2) is 29.1 Å². The fraction of sp³-hybridized carbons (Fsp3) is 0.467. The molecule has 19 heavy (non-hydrogen) atoms. The van der Waals surface area contributed by atoms with E-state index in [0.717, 1.165) is 12.0 Å². The van der Waals surface area contributed by atoms with Gasteiger partial charge in [-0.05, 0) is 18.1 Å². The molecule has 1 aromatic rings. The zero-order chi connectivity index (χ0) is 14.1. The largest absolute Gasteiger partial charge is 0.395 e. The van der Waals surface area contributed by atoms with Gasteiger partial charge in [0.15, 0.2) is 0 Å². The average molecular weight is 260 g/mol. The van der Waals surface area contributed by atoms with E-state index in [-0.39, 0.29) is 12.5 Å². The van der Waals surface area contributed by atoms with Crippen molar-refractivity contribution in [3.8, 4) is 11.8 Å². The van der Waals surface area contributed by atoms with Crippen molar-refractivity contribution in [1.29, 1.82) is 0 Å². The van der Waals surface area contributed by atoms with Gasteiger partial charge in [0.2, 0.25) is 0 Å². The van der Waals surface area contributed by atoms with Crippen LogP contribution >= 0.6 is 0 Å². The number of amides is 1. The lowest BCUT2D eigenvalue weighted by Gasteiger charge is -2.09. The summed E-state index contributed by atoms with van der Waals surface area (Å²) >= 11 is 0. The molecule has 0 aliphatic rings. The highest BCUT2D eigenvalue weighted by Crippen LogP contribution is 2.01. The standard InChI is InChI=1S/C15H20N2O2/c1-3-12(2)10-17-15(19)14-8-7-13(11-16-14)6-4-5-9-18/h7-8,11-12,18H,3,5,9-10H2,1-2H3,(H,17,19). The number of rotatable bonds is 5. The summed E-state index contributed by atoms with van der Waals surface area (Å²) < 4.78 is 0. The molecule has 0 spiro atoms. The van der Waals surface area contributed by atoms with Crippen molar-refractivity contribution < 1.29 is 9.90 Å². The summed E-state index contributed by atoms with van der Waals surface area (Å²) in [5.41, 5.74) is 1.14. The monoisotopic (exact) mass is 260 g/mol. The molecule has 0 bridgehead atoms. The summed E-state index contributed by atoms with van der Waals surface area (Å²) in [5, 5.41) is 11.5. The summed E-state index contributed by atoms with van der Waals surface area (Å²) in [4.78, 5) is 15.9. The molecule has 1 amide bonds. The number of aliphatic hydroxyl groups excluding tert-OH is 1. The maximum atomic E-state index is 11.8. The van der Waals surface area contributed by atoms with E-state index in [0.29, 0.717) is 24.6 Å². The second-order valence-corrected chi connectivity index (χ2v) is 4.43. The van der Waals surface area contributed by atoms with Crippen LogP contribution in [0.5, 0.6) is 0 Å². The van der Waals surface area contributed by atoms with E-state index in [1.807, 2.05) is 0 Å². The van der Waals surface area contributed by atoms with E-state index in [4.69, 9.17) is 5.11 Å². The zero-order valence-electron chi connectivity index (χ0n) is 11.4. The number of aromatic nitrogens is 1. The van der Waals surface area contributed by atoms with Crippen molar-refractivity contribution in [3.63, 3.8) is 0 Å². The van der Waals surface area contributed by atoms with Gasteiger partial charge in [0.25, 0.3) is 5.91 Å². The maximum absolute atomic E-state index is 11.8. The number of aliphatic hydroxyl groups is 1. The van der Waals surface area contributed by atoms with Gasteiger partial charge in [-0.15, -0.1) is 0 Å². The number of carbonyl (C=O) groups is 1. The Bertz CT molecular complexity index is 457. The van der Waals surface area contributed by atoms with Crippen LogP contribution in [0.25, 0.3) is 0 Å². The SMILES string of the molecule is CCC(C)CNC(=O)c1ccc(C#CCCO)cn1. The quantitative estimate of drug-likeness (QED) is 0.790. The Balaban J connectivity index is 2.56. The second-order valence-electron chi connectivity index (χ2n) is 4.43. The van der Waals surface area contributed by atoms with Crippen LogP contribution in [0, 0.1) is 17.8 Å². The Kier molecular flexibility index (Phi) is 6.62. The third kappa shape index (κ3) is 5.54. The Morgan fingerprint density at radius 1 is 1.53 bits per heavy atom. The number of carbonyl (C=O) groups excluding carboxylic acids is 1. The first kappa shape index (κ1) is 15.2. The second kappa shape index (κ2) is 8.28. The van der Waals surface area contributed by atoms with Gasteiger partial charge in [0.05, 0.1) is 6.61 Å². The first-order chi connectivity index (χ1) is 9.17. The molecule has 1 atom stereocenters. The molecular formula is C15H20N2O2. The van der Waals surface area contributed by atoms with Gasteiger partial charge in [-0.2, -0.15) is 0 Å². The molecular weight excluding hydrogens is 240 g/mol. The molecule has 4 heteroatoms.